The molecule has 1 aromatic rings. The van der Waals surface area contributed by atoms with Gasteiger partial charge in [0.2, 0.25) is 0 Å². The smallest absolute Gasteiger partial charge is 0.191 e. The van der Waals surface area contributed by atoms with Crippen LogP contribution in [0.1, 0.15) is 24.5 Å². The van der Waals surface area contributed by atoms with Crippen LogP contribution >= 0.6 is 0 Å². The van der Waals surface area contributed by atoms with E-state index in [4.69, 9.17) is 4.74 Å². The van der Waals surface area contributed by atoms with E-state index in [1.807, 2.05) is 6.92 Å². The average Bonchev–Trinajstić information content (AvgIpc) is 3.00. The molecule has 2 saturated heterocycles. The number of aliphatic imine (C=N–C) groups is 1. The normalized spacial score (nSPS) is 23.3. The molecule has 0 bridgehead atoms. The summed E-state index contributed by atoms with van der Waals surface area (Å²) in [4.78, 5) is 7.02. The van der Waals surface area contributed by atoms with Crippen LogP contribution in [0.2, 0.25) is 0 Å². The Bertz CT molecular complexity index is 728. The number of rotatable bonds is 6. The van der Waals surface area contributed by atoms with Gasteiger partial charge < -0.3 is 15.4 Å². The zero-order valence-electron chi connectivity index (χ0n) is 16.0. The molecule has 0 saturated carbocycles. The van der Waals surface area contributed by atoms with Crippen molar-refractivity contribution in [1.82, 2.24) is 15.5 Å². The van der Waals surface area contributed by atoms with Gasteiger partial charge in [-0.1, -0.05) is 24.3 Å². The third kappa shape index (κ3) is 6.48. The van der Waals surface area contributed by atoms with Crippen molar-refractivity contribution in [3.63, 3.8) is 0 Å². The van der Waals surface area contributed by atoms with Gasteiger partial charge in [0.05, 0.1) is 31.3 Å². The summed E-state index contributed by atoms with van der Waals surface area (Å²) < 4.78 is 28.6. The molecule has 1 atom stereocenters. The highest BCUT2D eigenvalue weighted by molar-refractivity contribution is 7.91. The predicted molar refractivity (Wildman–Crippen MR) is 108 cm³/mol. The Morgan fingerprint density at radius 3 is 2.56 bits per heavy atom. The molecular formula is C19H30N4O3S. The Labute approximate surface area is 162 Å². The Hall–Kier alpha value is -1.64. The van der Waals surface area contributed by atoms with Crippen LogP contribution in [0, 0.1) is 0 Å². The van der Waals surface area contributed by atoms with Gasteiger partial charge in [-0.25, -0.2) is 13.4 Å². The van der Waals surface area contributed by atoms with Gasteiger partial charge in [0.1, 0.15) is 0 Å². The number of hydrogen-bond acceptors (Lipinski definition) is 5. The molecule has 27 heavy (non-hydrogen) atoms. The lowest BCUT2D eigenvalue weighted by Crippen LogP contribution is -2.44. The Kier molecular flexibility index (Phi) is 7.09. The van der Waals surface area contributed by atoms with E-state index in [1.165, 1.54) is 5.56 Å². The minimum Gasteiger partial charge on any atom is -0.379 e. The van der Waals surface area contributed by atoms with Crippen molar-refractivity contribution < 1.29 is 13.2 Å². The van der Waals surface area contributed by atoms with Gasteiger partial charge in [0.25, 0.3) is 0 Å². The number of hydrogen-bond donors (Lipinski definition) is 2. The maximum absolute atomic E-state index is 11.6. The zero-order chi connectivity index (χ0) is 19.1. The van der Waals surface area contributed by atoms with Crippen molar-refractivity contribution in [3.05, 3.63) is 35.4 Å². The van der Waals surface area contributed by atoms with Crippen molar-refractivity contribution in [3.8, 4) is 0 Å². The number of guanidine groups is 1. The Morgan fingerprint density at radius 2 is 1.93 bits per heavy atom. The molecule has 0 radical (unpaired) electrons. The number of nitrogens with zero attached hydrogens (tertiary/aromatic N) is 2. The molecule has 3 rings (SSSR count). The van der Waals surface area contributed by atoms with Gasteiger partial charge in [-0.05, 0) is 24.5 Å². The minimum atomic E-state index is -2.90. The highest BCUT2D eigenvalue weighted by Crippen LogP contribution is 2.12. The zero-order valence-corrected chi connectivity index (χ0v) is 16.8. The van der Waals surface area contributed by atoms with Crippen LogP contribution in [0.25, 0.3) is 0 Å². The monoisotopic (exact) mass is 394 g/mol. The van der Waals surface area contributed by atoms with E-state index in [9.17, 15) is 8.42 Å². The summed E-state index contributed by atoms with van der Waals surface area (Å²) in [7, 11) is -2.90. The van der Waals surface area contributed by atoms with E-state index in [-0.39, 0.29) is 17.5 Å². The third-order valence-electron chi connectivity index (χ3n) is 4.87. The Balaban J connectivity index is 1.53. The number of morpholine rings is 1. The predicted octanol–water partition coefficient (Wildman–Crippen LogP) is 0.761. The summed E-state index contributed by atoms with van der Waals surface area (Å²) in [5.74, 6) is 1.12. The minimum absolute atomic E-state index is 0.0521. The number of ether oxygens (including phenoxy) is 1. The van der Waals surface area contributed by atoms with Crippen LogP contribution < -0.4 is 10.6 Å². The van der Waals surface area contributed by atoms with Crippen LogP contribution in [0.15, 0.2) is 29.3 Å². The van der Waals surface area contributed by atoms with Gasteiger partial charge in [0, 0.05) is 32.2 Å². The lowest BCUT2D eigenvalue weighted by atomic mass is 10.1. The summed E-state index contributed by atoms with van der Waals surface area (Å²) in [5.41, 5.74) is 2.43. The molecule has 0 amide bonds. The van der Waals surface area contributed by atoms with Gasteiger partial charge in [0.15, 0.2) is 15.8 Å². The fourth-order valence-electron chi connectivity index (χ4n) is 3.36. The molecule has 8 heteroatoms. The van der Waals surface area contributed by atoms with Crippen molar-refractivity contribution in [2.24, 2.45) is 4.99 Å². The standard InChI is InChI=1S/C19H30N4O3S/c1-2-20-19(22-18-7-12-27(24,25)15-18)21-13-16-3-5-17(6-4-16)14-23-8-10-26-11-9-23/h3-6,18H,2,7-15H2,1H3,(H2,20,21,22). The first-order valence-corrected chi connectivity index (χ1v) is 11.5. The molecular weight excluding hydrogens is 364 g/mol. The second kappa shape index (κ2) is 9.52. The number of benzene rings is 1. The molecule has 0 spiro atoms. The summed E-state index contributed by atoms with van der Waals surface area (Å²) >= 11 is 0. The maximum atomic E-state index is 11.6. The fourth-order valence-corrected chi connectivity index (χ4v) is 5.03. The van der Waals surface area contributed by atoms with E-state index in [0.717, 1.165) is 45.0 Å². The van der Waals surface area contributed by atoms with E-state index in [2.05, 4.69) is 44.8 Å². The average molecular weight is 395 g/mol. The van der Waals surface area contributed by atoms with Gasteiger partial charge in [-0.3, -0.25) is 4.90 Å². The molecule has 150 valence electrons. The van der Waals surface area contributed by atoms with E-state index < -0.39 is 9.84 Å². The SMILES string of the molecule is CCNC(=NCc1ccc(CN2CCOCC2)cc1)NC1CCS(=O)(=O)C1. The van der Waals surface area contributed by atoms with Crippen LogP contribution in [0.4, 0.5) is 0 Å². The molecule has 0 aromatic heterocycles. The summed E-state index contributed by atoms with van der Waals surface area (Å²) in [5, 5.41) is 6.45. The first kappa shape index (κ1) is 20.1. The Morgan fingerprint density at radius 1 is 1.22 bits per heavy atom. The second-order valence-corrected chi connectivity index (χ2v) is 9.37. The first-order chi connectivity index (χ1) is 13.0. The molecule has 1 aromatic carbocycles. The quantitative estimate of drug-likeness (QED) is 0.548. The van der Waals surface area contributed by atoms with E-state index in [0.29, 0.717) is 18.9 Å². The van der Waals surface area contributed by atoms with Crippen LogP contribution in [0.3, 0.4) is 0 Å². The van der Waals surface area contributed by atoms with Crippen molar-refractivity contribution >= 4 is 15.8 Å². The molecule has 2 fully saturated rings. The number of sulfone groups is 1. The van der Waals surface area contributed by atoms with Gasteiger partial charge >= 0.3 is 0 Å². The van der Waals surface area contributed by atoms with Crippen LogP contribution in [0.5, 0.6) is 0 Å². The molecule has 0 aliphatic carbocycles. The molecule has 1 unspecified atom stereocenters. The summed E-state index contributed by atoms with van der Waals surface area (Å²) in [6.45, 7) is 7.86. The lowest BCUT2D eigenvalue weighted by molar-refractivity contribution is 0.0342. The molecule has 2 heterocycles. The molecule has 2 aliphatic heterocycles. The third-order valence-corrected chi connectivity index (χ3v) is 6.64. The largest absolute Gasteiger partial charge is 0.379 e. The molecule has 2 N–H and O–H groups in total. The van der Waals surface area contributed by atoms with E-state index in [1.54, 1.807) is 0 Å². The lowest BCUT2D eigenvalue weighted by Gasteiger charge is -2.26. The summed E-state index contributed by atoms with van der Waals surface area (Å²) in [6, 6.07) is 8.49. The van der Waals surface area contributed by atoms with Gasteiger partial charge in [-0.15, -0.1) is 0 Å². The maximum Gasteiger partial charge on any atom is 0.191 e. The summed E-state index contributed by atoms with van der Waals surface area (Å²) in [6.07, 6.45) is 0.642. The number of nitrogens with one attached hydrogen (secondary N) is 2. The molecule has 2 aliphatic rings. The van der Waals surface area contributed by atoms with Crippen LogP contribution in [-0.4, -0.2) is 69.7 Å². The topological polar surface area (TPSA) is 83.0 Å². The van der Waals surface area contributed by atoms with Crippen LogP contribution in [-0.2, 0) is 27.7 Å². The van der Waals surface area contributed by atoms with Gasteiger partial charge in [-0.2, -0.15) is 0 Å². The highest BCUT2D eigenvalue weighted by atomic mass is 32.2. The fraction of sp³-hybridized carbons (Fsp3) is 0.632. The van der Waals surface area contributed by atoms with Crippen molar-refractivity contribution in [2.45, 2.75) is 32.5 Å². The van der Waals surface area contributed by atoms with Crippen molar-refractivity contribution in [1.29, 1.82) is 0 Å². The van der Waals surface area contributed by atoms with E-state index >= 15 is 0 Å². The second-order valence-electron chi connectivity index (χ2n) is 7.14. The molecule has 7 nitrogen and oxygen atoms in total. The van der Waals surface area contributed by atoms with Crippen molar-refractivity contribution in [2.75, 3.05) is 44.4 Å². The first-order valence-electron chi connectivity index (χ1n) is 9.67. The highest BCUT2D eigenvalue weighted by Gasteiger charge is 2.28.